The van der Waals surface area contributed by atoms with Gasteiger partial charge in [0.2, 0.25) is 0 Å². The smallest absolute Gasteiger partial charge is 0.119 e. The summed E-state index contributed by atoms with van der Waals surface area (Å²) in [6.07, 6.45) is 1.00. The zero-order chi connectivity index (χ0) is 18.9. The van der Waals surface area contributed by atoms with Gasteiger partial charge in [0.05, 0.1) is 6.04 Å². The third-order valence-electron chi connectivity index (χ3n) is 5.38. The van der Waals surface area contributed by atoms with E-state index < -0.39 is 0 Å². The fourth-order valence-electron chi connectivity index (χ4n) is 3.98. The third-order valence-corrected chi connectivity index (χ3v) is 5.61. The molecule has 1 atom stereocenters. The van der Waals surface area contributed by atoms with Crippen molar-refractivity contribution in [2.45, 2.75) is 19.1 Å². The molecule has 0 fully saturated rings. The zero-order valence-electron chi connectivity index (χ0n) is 15.4. The molecule has 1 aliphatic rings. The van der Waals surface area contributed by atoms with Gasteiger partial charge in [-0.2, -0.15) is 0 Å². The lowest BCUT2D eigenvalue weighted by Crippen LogP contribution is -2.30. The Labute approximate surface area is 169 Å². The van der Waals surface area contributed by atoms with Crippen LogP contribution >= 0.6 is 11.6 Å². The van der Waals surface area contributed by atoms with Gasteiger partial charge in [-0.3, -0.25) is 0 Å². The second-order valence-electron chi connectivity index (χ2n) is 7.19. The van der Waals surface area contributed by atoms with Crippen molar-refractivity contribution in [2.24, 2.45) is 0 Å². The van der Waals surface area contributed by atoms with Gasteiger partial charge >= 0.3 is 0 Å². The quantitative estimate of drug-likeness (QED) is 0.475. The molecule has 2 N–H and O–H groups in total. The van der Waals surface area contributed by atoms with Crippen molar-refractivity contribution in [3.8, 4) is 5.75 Å². The standard InChI is InChI=1S/C24H21ClN2O/c25-18-8-11-22-21(14-18)20-12-13-26-23(24(20)27-22)17-6-9-19(10-7-17)28-15-16-4-2-1-3-5-16/h1-11,14,23,26-27H,12-13,15H2. The van der Waals surface area contributed by atoms with Crippen molar-refractivity contribution in [3.63, 3.8) is 0 Å². The number of benzene rings is 3. The van der Waals surface area contributed by atoms with E-state index >= 15 is 0 Å². The molecule has 0 saturated carbocycles. The number of halogens is 1. The van der Waals surface area contributed by atoms with E-state index in [0.29, 0.717) is 6.61 Å². The number of H-pyrrole nitrogens is 1. The van der Waals surface area contributed by atoms with Crippen LogP contribution in [0.5, 0.6) is 5.75 Å². The minimum atomic E-state index is 0.151. The third kappa shape index (κ3) is 3.28. The molecule has 1 aliphatic heterocycles. The molecule has 1 unspecified atom stereocenters. The first kappa shape index (κ1) is 17.4. The van der Waals surface area contributed by atoms with E-state index in [1.54, 1.807) is 0 Å². The van der Waals surface area contributed by atoms with E-state index in [-0.39, 0.29) is 6.04 Å². The molecule has 4 aromatic rings. The average molecular weight is 389 g/mol. The van der Waals surface area contributed by atoms with Gasteiger partial charge in [-0.1, -0.05) is 54.1 Å². The van der Waals surface area contributed by atoms with Gasteiger partial charge in [0, 0.05) is 28.2 Å². The number of hydrogen-bond acceptors (Lipinski definition) is 2. The van der Waals surface area contributed by atoms with Crippen molar-refractivity contribution in [2.75, 3.05) is 6.54 Å². The molecular weight excluding hydrogens is 368 g/mol. The van der Waals surface area contributed by atoms with E-state index in [0.717, 1.165) is 29.3 Å². The molecule has 0 amide bonds. The van der Waals surface area contributed by atoms with Crippen LogP contribution in [0.25, 0.3) is 10.9 Å². The minimum absolute atomic E-state index is 0.151. The Kier molecular flexibility index (Phi) is 4.55. The van der Waals surface area contributed by atoms with Crippen LogP contribution < -0.4 is 10.1 Å². The number of hydrogen-bond donors (Lipinski definition) is 2. The molecule has 0 spiro atoms. The molecule has 0 saturated heterocycles. The van der Waals surface area contributed by atoms with Gasteiger partial charge in [0.1, 0.15) is 12.4 Å². The summed E-state index contributed by atoms with van der Waals surface area (Å²) in [5.41, 5.74) is 6.14. The summed E-state index contributed by atoms with van der Waals surface area (Å²) in [4.78, 5) is 3.60. The van der Waals surface area contributed by atoms with E-state index in [4.69, 9.17) is 16.3 Å². The van der Waals surface area contributed by atoms with Gasteiger partial charge in [0.15, 0.2) is 0 Å². The highest BCUT2D eigenvalue weighted by Gasteiger charge is 2.25. The summed E-state index contributed by atoms with van der Waals surface area (Å²) < 4.78 is 5.92. The maximum Gasteiger partial charge on any atom is 0.119 e. The first-order chi connectivity index (χ1) is 13.8. The van der Waals surface area contributed by atoms with E-state index in [9.17, 15) is 0 Å². The fourth-order valence-corrected chi connectivity index (χ4v) is 4.15. The van der Waals surface area contributed by atoms with Crippen LogP contribution in [-0.4, -0.2) is 11.5 Å². The largest absolute Gasteiger partial charge is 0.489 e. The monoisotopic (exact) mass is 388 g/mol. The Morgan fingerprint density at radius 1 is 0.964 bits per heavy atom. The SMILES string of the molecule is Clc1ccc2[nH]c3c(c2c1)CCNC3c1ccc(OCc2ccccc2)cc1. The minimum Gasteiger partial charge on any atom is -0.489 e. The van der Waals surface area contributed by atoms with Crippen molar-refractivity contribution in [1.82, 2.24) is 10.3 Å². The van der Waals surface area contributed by atoms with Crippen LogP contribution in [0, 0.1) is 0 Å². The van der Waals surface area contributed by atoms with Gasteiger partial charge in [0.25, 0.3) is 0 Å². The lowest BCUT2D eigenvalue weighted by atomic mass is 9.94. The molecule has 0 bridgehead atoms. The van der Waals surface area contributed by atoms with Crippen LogP contribution in [0.3, 0.4) is 0 Å². The summed E-state index contributed by atoms with van der Waals surface area (Å²) >= 11 is 6.22. The highest BCUT2D eigenvalue weighted by atomic mass is 35.5. The van der Waals surface area contributed by atoms with Crippen LogP contribution in [0.4, 0.5) is 0 Å². The molecule has 0 aliphatic carbocycles. The fraction of sp³-hybridized carbons (Fsp3) is 0.167. The summed E-state index contributed by atoms with van der Waals surface area (Å²) in [6.45, 7) is 1.53. The molecular formula is C24H21ClN2O. The Bertz CT molecular complexity index is 1100. The first-order valence-electron chi connectivity index (χ1n) is 9.58. The molecule has 2 heterocycles. The number of fused-ring (bicyclic) bond motifs is 3. The molecule has 1 aromatic heterocycles. The highest BCUT2D eigenvalue weighted by molar-refractivity contribution is 6.31. The Morgan fingerprint density at radius 3 is 2.61 bits per heavy atom. The molecule has 28 heavy (non-hydrogen) atoms. The second kappa shape index (κ2) is 7.34. The maximum atomic E-state index is 6.22. The van der Waals surface area contributed by atoms with Crippen molar-refractivity contribution >= 4 is 22.5 Å². The van der Waals surface area contributed by atoms with Crippen molar-refractivity contribution in [3.05, 3.63) is 100 Å². The van der Waals surface area contributed by atoms with Crippen molar-refractivity contribution in [1.29, 1.82) is 0 Å². The van der Waals surface area contributed by atoms with Crippen molar-refractivity contribution < 1.29 is 4.74 Å². The summed E-state index contributed by atoms with van der Waals surface area (Å²) in [5, 5.41) is 5.65. The molecule has 5 rings (SSSR count). The van der Waals surface area contributed by atoms with Crippen LogP contribution in [-0.2, 0) is 13.0 Å². The first-order valence-corrected chi connectivity index (χ1v) is 9.96. The Morgan fingerprint density at radius 2 is 1.79 bits per heavy atom. The molecule has 3 aromatic carbocycles. The molecule has 140 valence electrons. The normalized spacial score (nSPS) is 16.1. The van der Waals surface area contributed by atoms with Gasteiger partial charge in [-0.15, -0.1) is 0 Å². The van der Waals surface area contributed by atoms with Crippen LogP contribution in [0.15, 0.2) is 72.8 Å². The second-order valence-corrected chi connectivity index (χ2v) is 7.62. The molecule has 3 nitrogen and oxygen atoms in total. The van der Waals surface area contributed by atoms with E-state index in [1.165, 1.54) is 27.8 Å². The van der Waals surface area contributed by atoms with Crippen LogP contribution in [0.2, 0.25) is 5.02 Å². The predicted molar refractivity (Wildman–Crippen MR) is 114 cm³/mol. The summed E-state index contributed by atoms with van der Waals surface area (Å²) in [5.74, 6) is 0.882. The van der Waals surface area contributed by atoms with Gasteiger partial charge < -0.3 is 15.0 Å². The lowest BCUT2D eigenvalue weighted by Gasteiger charge is -2.25. The summed E-state index contributed by atoms with van der Waals surface area (Å²) in [6, 6.07) is 24.8. The molecule has 0 radical (unpaired) electrons. The number of aromatic amines is 1. The Balaban J connectivity index is 1.39. The van der Waals surface area contributed by atoms with E-state index in [1.807, 2.05) is 36.4 Å². The highest BCUT2D eigenvalue weighted by Crippen LogP contribution is 2.35. The topological polar surface area (TPSA) is 37.0 Å². The zero-order valence-corrected chi connectivity index (χ0v) is 16.2. The number of rotatable bonds is 4. The maximum absolute atomic E-state index is 6.22. The number of ether oxygens (including phenoxy) is 1. The van der Waals surface area contributed by atoms with Gasteiger partial charge in [-0.05, 0) is 53.4 Å². The van der Waals surface area contributed by atoms with Gasteiger partial charge in [-0.25, -0.2) is 0 Å². The average Bonchev–Trinajstić information content (AvgIpc) is 3.11. The summed E-state index contributed by atoms with van der Waals surface area (Å²) in [7, 11) is 0. The predicted octanol–water partition coefficient (Wildman–Crippen LogP) is 5.64. The number of aromatic nitrogens is 1. The Hall–Kier alpha value is -2.75. The van der Waals surface area contributed by atoms with Crippen LogP contribution in [0.1, 0.15) is 28.4 Å². The number of nitrogens with one attached hydrogen (secondary N) is 2. The molecule has 4 heteroatoms. The lowest BCUT2D eigenvalue weighted by molar-refractivity contribution is 0.306. The van der Waals surface area contributed by atoms with E-state index in [2.05, 4.69) is 46.7 Å².